The summed E-state index contributed by atoms with van der Waals surface area (Å²) >= 11 is 1.77. The Labute approximate surface area is 128 Å². The number of nitrogens with one attached hydrogen (secondary N) is 2. The van der Waals surface area contributed by atoms with Crippen molar-refractivity contribution in [3.8, 4) is 0 Å². The summed E-state index contributed by atoms with van der Waals surface area (Å²) in [5, 5.41) is 6.49. The molecule has 0 saturated carbocycles. The molecule has 0 aliphatic carbocycles. The standard InChI is InChI=1S/C16H20FN3S/c1-3-18-16(20-11-15-8-7-12(2)21-15)19-10-13-5-4-6-14(17)9-13/h4-9H,3,10-11H2,1-2H3,(H2,18,19,20). The molecule has 21 heavy (non-hydrogen) atoms. The normalized spacial score (nSPS) is 11.5. The van der Waals surface area contributed by atoms with Crippen molar-refractivity contribution in [3.63, 3.8) is 0 Å². The van der Waals surface area contributed by atoms with Crippen LogP contribution in [0.15, 0.2) is 41.4 Å². The maximum atomic E-state index is 13.1. The molecular formula is C16H20FN3S. The summed E-state index contributed by atoms with van der Waals surface area (Å²) in [6.45, 7) is 6.11. The van der Waals surface area contributed by atoms with Crippen molar-refractivity contribution in [2.45, 2.75) is 26.9 Å². The number of guanidine groups is 1. The third-order valence-electron chi connectivity index (χ3n) is 2.88. The van der Waals surface area contributed by atoms with Gasteiger partial charge < -0.3 is 10.6 Å². The van der Waals surface area contributed by atoms with Gasteiger partial charge in [0, 0.05) is 16.3 Å². The first-order chi connectivity index (χ1) is 10.2. The van der Waals surface area contributed by atoms with Crippen LogP contribution in [0.5, 0.6) is 0 Å². The highest BCUT2D eigenvalue weighted by Crippen LogP contribution is 2.14. The quantitative estimate of drug-likeness (QED) is 0.656. The summed E-state index contributed by atoms with van der Waals surface area (Å²) in [4.78, 5) is 7.05. The third-order valence-corrected chi connectivity index (χ3v) is 3.88. The molecule has 1 aromatic carbocycles. The lowest BCUT2D eigenvalue weighted by Crippen LogP contribution is -2.36. The highest BCUT2D eigenvalue weighted by atomic mass is 32.1. The maximum Gasteiger partial charge on any atom is 0.191 e. The number of thiophene rings is 1. The minimum Gasteiger partial charge on any atom is -0.357 e. The van der Waals surface area contributed by atoms with Gasteiger partial charge in [0.2, 0.25) is 0 Å². The lowest BCUT2D eigenvalue weighted by atomic mass is 10.2. The number of benzene rings is 1. The van der Waals surface area contributed by atoms with Crippen LogP contribution in [0, 0.1) is 12.7 Å². The predicted octanol–water partition coefficient (Wildman–Crippen LogP) is 3.45. The van der Waals surface area contributed by atoms with Gasteiger partial charge in [-0.3, -0.25) is 0 Å². The van der Waals surface area contributed by atoms with Crippen molar-refractivity contribution in [2.75, 3.05) is 6.54 Å². The molecule has 0 spiro atoms. The van der Waals surface area contributed by atoms with Gasteiger partial charge >= 0.3 is 0 Å². The molecule has 2 aromatic rings. The van der Waals surface area contributed by atoms with Gasteiger partial charge in [-0.2, -0.15) is 0 Å². The number of rotatable bonds is 5. The highest BCUT2D eigenvalue weighted by molar-refractivity contribution is 7.11. The van der Waals surface area contributed by atoms with E-state index in [1.54, 1.807) is 17.4 Å². The smallest absolute Gasteiger partial charge is 0.191 e. The molecule has 0 radical (unpaired) electrons. The Hall–Kier alpha value is -1.88. The number of hydrogen-bond donors (Lipinski definition) is 2. The molecule has 0 atom stereocenters. The molecule has 5 heteroatoms. The van der Waals surface area contributed by atoms with Crippen LogP contribution in [0.3, 0.4) is 0 Å². The Morgan fingerprint density at radius 1 is 1.24 bits per heavy atom. The van der Waals surface area contributed by atoms with E-state index in [0.717, 1.165) is 24.6 Å². The highest BCUT2D eigenvalue weighted by Gasteiger charge is 2.01. The van der Waals surface area contributed by atoms with Crippen molar-refractivity contribution in [3.05, 3.63) is 57.5 Å². The molecule has 1 aromatic heterocycles. The van der Waals surface area contributed by atoms with E-state index in [2.05, 4.69) is 34.7 Å². The van der Waals surface area contributed by atoms with Gasteiger partial charge in [0.1, 0.15) is 5.82 Å². The topological polar surface area (TPSA) is 36.4 Å². The molecule has 112 valence electrons. The first-order valence-electron chi connectivity index (χ1n) is 6.99. The van der Waals surface area contributed by atoms with E-state index in [0.29, 0.717) is 6.54 Å². The largest absolute Gasteiger partial charge is 0.357 e. The Bertz CT molecular complexity index is 607. The molecule has 2 N–H and O–H groups in total. The van der Waals surface area contributed by atoms with Crippen LogP contribution in [0.2, 0.25) is 0 Å². The predicted molar refractivity (Wildman–Crippen MR) is 87.1 cm³/mol. The molecule has 2 rings (SSSR count). The second-order valence-electron chi connectivity index (χ2n) is 4.69. The minimum atomic E-state index is -0.227. The average molecular weight is 305 g/mol. The summed E-state index contributed by atoms with van der Waals surface area (Å²) in [6, 6.07) is 10.8. The lowest BCUT2D eigenvalue weighted by molar-refractivity contribution is 0.625. The van der Waals surface area contributed by atoms with Gasteiger partial charge in [0.05, 0.1) is 13.1 Å². The Morgan fingerprint density at radius 3 is 2.76 bits per heavy atom. The fourth-order valence-corrected chi connectivity index (χ4v) is 2.73. The first kappa shape index (κ1) is 15.5. The zero-order valence-electron chi connectivity index (χ0n) is 12.3. The Kier molecular flexibility index (Phi) is 5.75. The van der Waals surface area contributed by atoms with Gasteiger partial charge in [-0.05, 0) is 43.7 Å². The molecule has 0 bridgehead atoms. The van der Waals surface area contributed by atoms with E-state index in [1.165, 1.54) is 21.9 Å². The first-order valence-corrected chi connectivity index (χ1v) is 7.81. The summed E-state index contributed by atoms with van der Waals surface area (Å²) < 4.78 is 13.1. The van der Waals surface area contributed by atoms with Crippen molar-refractivity contribution < 1.29 is 4.39 Å². The van der Waals surface area contributed by atoms with Gasteiger partial charge in [-0.1, -0.05) is 12.1 Å². The van der Waals surface area contributed by atoms with E-state index in [1.807, 2.05) is 13.0 Å². The molecule has 1 heterocycles. The number of nitrogens with zero attached hydrogens (tertiary/aromatic N) is 1. The van der Waals surface area contributed by atoms with E-state index >= 15 is 0 Å². The molecule has 3 nitrogen and oxygen atoms in total. The van der Waals surface area contributed by atoms with Crippen molar-refractivity contribution in [2.24, 2.45) is 4.99 Å². The minimum absolute atomic E-state index is 0.227. The van der Waals surface area contributed by atoms with Crippen molar-refractivity contribution in [1.29, 1.82) is 0 Å². The second kappa shape index (κ2) is 7.78. The zero-order valence-corrected chi connectivity index (χ0v) is 13.1. The summed E-state index contributed by atoms with van der Waals surface area (Å²) in [6.07, 6.45) is 0. The van der Waals surface area contributed by atoms with Crippen LogP contribution in [0.25, 0.3) is 0 Å². The van der Waals surface area contributed by atoms with Crippen molar-refractivity contribution in [1.82, 2.24) is 10.6 Å². The summed E-state index contributed by atoms with van der Waals surface area (Å²) in [7, 11) is 0. The summed E-state index contributed by atoms with van der Waals surface area (Å²) in [5.41, 5.74) is 0.860. The fourth-order valence-electron chi connectivity index (χ4n) is 1.90. The Balaban J connectivity index is 1.95. The molecule has 0 aliphatic heterocycles. The van der Waals surface area contributed by atoms with Crippen LogP contribution < -0.4 is 10.6 Å². The van der Waals surface area contributed by atoms with Crippen LogP contribution in [0.1, 0.15) is 22.2 Å². The van der Waals surface area contributed by atoms with Crippen molar-refractivity contribution >= 4 is 17.3 Å². The SMILES string of the molecule is CCNC(=NCc1cccc(F)c1)NCc1ccc(C)s1. The van der Waals surface area contributed by atoms with E-state index < -0.39 is 0 Å². The lowest BCUT2D eigenvalue weighted by Gasteiger charge is -2.10. The fraction of sp³-hybridized carbons (Fsp3) is 0.312. The average Bonchev–Trinajstić information content (AvgIpc) is 2.88. The molecule has 0 fully saturated rings. The van der Waals surface area contributed by atoms with Crippen LogP contribution in [0.4, 0.5) is 4.39 Å². The van der Waals surface area contributed by atoms with Gasteiger partial charge in [0.15, 0.2) is 5.96 Å². The molecular weight excluding hydrogens is 285 g/mol. The summed E-state index contributed by atoms with van der Waals surface area (Å²) in [5.74, 6) is 0.516. The van der Waals surface area contributed by atoms with Gasteiger partial charge in [-0.15, -0.1) is 11.3 Å². The number of aryl methyl sites for hydroxylation is 1. The molecule has 0 amide bonds. The molecule has 0 saturated heterocycles. The van der Waals surface area contributed by atoms with E-state index in [-0.39, 0.29) is 5.82 Å². The maximum absolute atomic E-state index is 13.1. The Morgan fingerprint density at radius 2 is 2.10 bits per heavy atom. The second-order valence-corrected chi connectivity index (χ2v) is 6.06. The van der Waals surface area contributed by atoms with Crippen LogP contribution in [-0.2, 0) is 13.1 Å². The van der Waals surface area contributed by atoms with Gasteiger partial charge in [-0.25, -0.2) is 9.38 Å². The third kappa shape index (κ3) is 5.19. The number of halogens is 1. The molecule has 0 aliphatic rings. The zero-order chi connectivity index (χ0) is 15.1. The van der Waals surface area contributed by atoms with Crippen LogP contribution >= 0.6 is 11.3 Å². The monoisotopic (exact) mass is 305 g/mol. The van der Waals surface area contributed by atoms with E-state index in [4.69, 9.17) is 0 Å². The van der Waals surface area contributed by atoms with E-state index in [9.17, 15) is 4.39 Å². The van der Waals surface area contributed by atoms with Crippen LogP contribution in [-0.4, -0.2) is 12.5 Å². The molecule has 0 unspecified atom stereocenters. The number of hydrogen-bond acceptors (Lipinski definition) is 2. The number of aliphatic imine (C=N–C) groups is 1. The van der Waals surface area contributed by atoms with Gasteiger partial charge in [0.25, 0.3) is 0 Å².